The van der Waals surface area contributed by atoms with Gasteiger partial charge in [0.05, 0.1) is 10.6 Å². The lowest BCUT2D eigenvalue weighted by atomic mass is 9.96. The Morgan fingerprint density at radius 2 is 1.84 bits per heavy atom. The van der Waals surface area contributed by atoms with Gasteiger partial charge in [-0.1, -0.05) is 23.2 Å². The molecule has 2 N–H and O–H groups in total. The van der Waals surface area contributed by atoms with E-state index in [9.17, 15) is 9.59 Å². The monoisotopic (exact) mass is 477 g/mol. The van der Waals surface area contributed by atoms with Crippen molar-refractivity contribution in [2.45, 2.75) is 63.3 Å². The number of amides is 1. The van der Waals surface area contributed by atoms with Crippen LogP contribution in [-0.4, -0.2) is 45.7 Å². The molecule has 4 rings (SSSR count). The molecule has 0 radical (unpaired) electrons. The maximum Gasteiger partial charge on any atom is 0.337 e. The van der Waals surface area contributed by atoms with E-state index in [-0.39, 0.29) is 29.6 Å². The zero-order valence-corrected chi connectivity index (χ0v) is 19.4. The summed E-state index contributed by atoms with van der Waals surface area (Å²) in [5.74, 6) is -0.00114. The van der Waals surface area contributed by atoms with Crippen molar-refractivity contribution in [2.75, 3.05) is 4.90 Å². The number of hydrogen-bond donors (Lipinski definition) is 2. The van der Waals surface area contributed by atoms with Crippen LogP contribution in [0.1, 0.15) is 49.9 Å². The summed E-state index contributed by atoms with van der Waals surface area (Å²) < 4.78 is 5.91. The van der Waals surface area contributed by atoms with E-state index >= 15 is 0 Å². The average molecular weight is 478 g/mol. The van der Waals surface area contributed by atoms with Crippen LogP contribution in [0.15, 0.2) is 36.5 Å². The average Bonchev–Trinajstić information content (AvgIpc) is 3.00. The molecule has 1 aromatic carbocycles. The number of halogens is 2. The number of ether oxygens (including phenoxy) is 1. The van der Waals surface area contributed by atoms with Crippen molar-refractivity contribution in [1.82, 2.24) is 10.3 Å². The number of carboxylic acids is 1. The van der Waals surface area contributed by atoms with E-state index in [4.69, 9.17) is 33.0 Å². The molecule has 9 heteroatoms. The Hall–Kier alpha value is -2.51. The minimum Gasteiger partial charge on any atom is -0.478 e. The van der Waals surface area contributed by atoms with Crippen molar-refractivity contribution in [3.05, 3.63) is 52.1 Å². The number of benzene rings is 1. The van der Waals surface area contributed by atoms with Gasteiger partial charge in [0.1, 0.15) is 11.6 Å². The molecule has 1 unspecified atom stereocenters. The van der Waals surface area contributed by atoms with Gasteiger partial charge in [-0.3, -0.25) is 4.79 Å². The van der Waals surface area contributed by atoms with Gasteiger partial charge >= 0.3 is 5.97 Å². The van der Waals surface area contributed by atoms with Crippen molar-refractivity contribution >= 4 is 40.9 Å². The number of carboxylic acid groups (broad SMARTS) is 1. The highest BCUT2D eigenvalue weighted by Crippen LogP contribution is 2.39. The lowest BCUT2D eigenvalue weighted by Gasteiger charge is -2.40. The van der Waals surface area contributed by atoms with Crippen LogP contribution in [0.3, 0.4) is 0 Å². The Balaban J connectivity index is 1.40. The van der Waals surface area contributed by atoms with Gasteiger partial charge in [0.15, 0.2) is 5.60 Å². The second kappa shape index (κ2) is 8.79. The first-order valence-electron chi connectivity index (χ1n) is 10.6. The molecule has 3 atom stereocenters. The molecule has 2 aliphatic rings. The minimum atomic E-state index is -1.11. The normalized spacial score (nSPS) is 22.5. The maximum atomic E-state index is 13.0. The molecule has 7 nitrogen and oxygen atoms in total. The summed E-state index contributed by atoms with van der Waals surface area (Å²) in [4.78, 5) is 30.7. The molecular formula is C23H25Cl2N3O4. The number of hydrogen-bond acceptors (Lipinski definition) is 5. The quantitative estimate of drug-likeness (QED) is 0.633. The molecule has 0 aliphatic carbocycles. The SMILES string of the molecule is CC(C)(Oc1ccc(Cl)cc1Cl)C(=O)NC1C[C@H]2CC[C@@H](C1)N2c1ccc(C(=O)O)cn1. The third kappa shape index (κ3) is 4.64. The summed E-state index contributed by atoms with van der Waals surface area (Å²) in [7, 11) is 0. The van der Waals surface area contributed by atoms with E-state index in [2.05, 4.69) is 15.2 Å². The zero-order chi connectivity index (χ0) is 23.0. The summed E-state index contributed by atoms with van der Waals surface area (Å²) in [5.41, 5.74) is -0.937. The number of carbonyl (C=O) groups is 2. The highest BCUT2D eigenvalue weighted by molar-refractivity contribution is 6.35. The smallest absolute Gasteiger partial charge is 0.337 e. The number of aromatic nitrogens is 1. The molecular weight excluding hydrogens is 453 g/mol. The number of aromatic carboxylic acids is 1. The Labute approximate surface area is 196 Å². The number of nitrogens with one attached hydrogen (secondary N) is 1. The van der Waals surface area contributed by atoms with E-state index in [1.54, 1.807) is 44.2 Å². The van der Waals surface area contributed by atoms with Gasteiger partial charge in [-0.2, -0.15) is 0 Å². The number of pyridine rings is 1. The third-order valence-corrected chi connectivity index (χ3v) is 6.66. The van der Waals surface area contributed by atoms with Gasteiger partial charge in [0, 0.05) is 29.3 Å². The maximum absolute atomic E-state index is 13.0. The van der Waals surface area contributed by atoms with Gasteiger partial charge in [-0.05, 0) is 69.9 Å². The first-order valence-corrected chi connectivity index (χ1v) is 11.3. The highest BCUT2D eigenvalue weighted by atomic mass is 35.5. The van der Waals surface area contributed by atoms with Crippen LogP contribution in [0, 0.1) is 0 Å². The summed E-state index contributed by atoms with van der Waals surface area (Å²) >= 11 is 12.1. The van der Waals surface area contributed by atoms with E-state index in [1.807, 2.05) is 0 Å². The van der Waals surface area contributed by atoms with Crippen LogP contribution >= 0.6 is 23.2 Å². The molecule has 2 bridgehead atoms. The van der Waals surface area contributed by atoms with Crippen molar-refractivity contribution in [3.63, 3.8) is 0 Å². The fourth-order valence-electron chi connectivity index (χ4n) is 4.57. The van der Waals surface area contributed by atoms with Crippen LogP contribution < -0.4 is 15.0 Å². The number of fused-ring (bicyclic) bond motifs is 2. The molecule has 0 saturated carbocycles. The predicted molar refractivity (Wildman–Crippen MR) is 123 cm³/mol. The minimum absolute atomic E-state index is 0.0260. The molecule has 2 aliphatic heterocycles. The van der Waals surface area contributed by atoms with Gasteiger partial charge in [-0.15, -0.1) is 0 Å². The fourth-order valence-corrected chi connectivity index (χ4v) is 5.02. The van der Waals surface area contributed by atoms with Gasteiger partial charge in [0.2, 0.25) is 0 Å². The summed E-state index contributed by atoms with van der Waals surface area (Å²) in [6.07, 6.45) is 5.01. The topological polar surface area (TPSA) is 91.8 Å². The molecule has 2 fully saturated rings. The lowest BCUT2D eigenvalue weighted by molar-refractivity contribution is -0.135. The highest BCUT2D eigenvalue weighted by Gasteiger charge is 2.43. The van der Waals surface area contributed by atoms with Gasteiger partial charge in [-0.25, -0.2) is 9.78 Å². The number of anilines is 1. The van der Waals surface area contributed by atoms with Gasteiger partial charge < -0.3 is 20.1 Å². The van der Waals surface area contributed by atoms with Crippen molar-refractivity contribution < 1.29 is 19.4 Å². The number of nitrogens with zero attached hydrogens (tertiary/aromatic N) is 2. The van der Waals surface area contributed by atoms with Crippen LogP contribution in [0.2, 0.25) is 10.0 Å². The molecule has 2 saturated heterocycles. The molecule has 3 heterocycles. The Bertz CT molecular complexity index is 1010. The summed E-state index contributed by atoms with van der Waals surface area (Å²) in [5, 5.41) is 13.1. The Morgan fingerprint density at radius 1 is 1.16 bits per heavy atom. The molecule has 32 heavy (non-hydrogen) atoms. The van der Waals surface area contributed by atoms with E-state index in [0.717, 1.165) is 31.5 Å². The number of carbonyl (C=O) groups excluding carboxylic acids is 1. The molecule has 1 amide bonds. The second-order valence-corrected chi connectivity index (χ2v) is 9.68. The molecule has 2 aromatic rings. The van der Waals surface area contributed by atoms with Crippen LogP contribution in [-0.2, 0) is 4.79 Å². The predicted octanol–water partition coefficient (Wildman–Crippen LogP) is 4.56. The third-order valence-electron chi connectivity index (χ3n) is 6.13. The Kier molecular flexibility index (Phi) is 6.23. The van der Waals surface area contributed by atoms with E-state index < -0.39 is 11.6 Å². The summed E-state index contributed by atoms with van der Waals surface area (Å²) in [6.45, 7) is 3.43. The van der Waals surface area contributed by atoms with E-state index in [1.165, 1.54) is 6.20 Å². The number of piperidine rings is 1. The van der Waals surface area contributed by atoms with E-state index in [0.29, 0.717) is 15.8 Å². The lowest BCUT2D eigenvalue weighted by Crippen LogP contribution is -2.55. The second-order valence-electron chi connectivity index (χ2n) is 8.83. The molecule has 170 valence electrons. The first-order chi connectivity index (χ1) is 15.1. The van der Waals surface area contributed by atoms with Gasteiger partial charge in [0.25, 0.3) is 5.91 Å². The molecule has 0 spiro atoms. The zero-order valence-electron chi connectivity index (χ0n) is 17.8. The van der Waals surface area contributed by atoms with Crippen molar-refractivity contribution in [3.8, 4) is 5.75 Å². The first kappa shape index (κ1) is 22.7. The van der Waals surface area contributed by atoms with Crippen LogP contribution in [0.25, 0.3) is 0 Å². The summed E-state index contributed by atoms with van der Waals surface area (Å²) in [6, 6.07) is 8.77. The van der Waals surface area contributed by atoms with Crippen LogP contribution in [0.5, 0.6) is 5.75 Å². The van der Waals surface area contributed by atoms with Crippen LogP contribution in [0.4, 0.5) is 5.82 Å². The number of rotatable bonds is 6. The Morgan fingerprint density at radius 3 is 2.41 bits per heavy atom. The van der Waals surface area contributed by atoms with Crippen molar-refractivity contribution in [2.24, 2.45) is 0 Å². The fraction of sp³-hybridized carbons (Fsp3) is 0.435. The molecule has 1 aromatic heterocycles. The standard InChI is InChI=1S/C23H25Cl2N3O4/c1-23(2,32-19-7-4-14(24)9-18(19)25)22(31)27-15-10-16-5-6-17(11-15)28(16)20-8-3-13(12-26-20)21(29)30/h3-4,7-9,12,15-17H,5-6,10-11H2,1-2H3,(H,27,31)(H,29,30)/t15?,16-,17+. The largest absolute Gasteiger partial charge is 0.478 e. The van der Waals surface area contributed by atoms with Crippen molar-refractivity contribution in [1.29, 1.82) is 0 Å².